The van der Waals surface area contributed by atoms with Gasteiger partial charge in [0.1, 0.15) is 5.69 Å². The summed E-state index contributed by atoms with van der Waals surface area (Å²) in [7, 11) is 0. The van der Waals surface area contributed by atoms with Crippen LogP contribution in [0.3, 0.4) is 0 Å². The quantitative estimate of drug-likeness (QED) is 0.292. The Morgan fingerprint density at radius 2 is 1.78 bits per heavy atom. The van der Waals surface area contributed by atoms with Gasteiger partial charge in [0, 0.05) is 51.9 Å². The molecule has 0 radical (unpaired) electrons. The van der Waals surface area contributed by atoms with Crippen molar-refractivity contribution in [3.63, 3.8) is 0 Å². The van der Waals surface area contributed by atoms with Crippen LogP contribution in [0.25, 0.3) is 55.6 Å². The van der Waals surface area contributed by atoms with Crippen molar-refractivity contribution in [1.29, 1.82) is 0 Å². The van der Waals surface area contributed by atoms with Gasteiger partial charge in [0.15, 0.2) is 0 Å². The maximum Gasteiger partial charge on any atom is 0.226 e. The van der Waals surface area contributed by atoms with E-state index in [9.17, 15) is 4.79 Å². The molecular formula is C28H23N7O. The van der Waals surface area contributed by atoms with Crippen molar-refractivity contribution in [2.24, 2.45) is 5.92 Å². The van der Waals surface area contributed by atoms with Crippen molar-refractivity contribution in [2.75, 3.05) is 5.32 Å². The molecule has 0 bridgehead atoms. The minimum Gasteiger partial charge on any atom is -0.353 e. The number of hydrogen-bond acceptors (Lipinski definition) is 5. The third kappa shape index (κ3) is 3.88. The Morgan fingerprint density at radius 1 is 0.889 bits per heavy atom. The monoisotopic (exact) mass is 473 g/mol. The highest BCUT2D eigenvalue weighted by Gasteiger charge is 2.15. The summed E-state index contributed by atoms with van der Waals surface area (Å²) in [5.74, 6) is -0.175. The average Bonchev–Trinajstić information content (AvgIpc) is 3.53. The van der Waals surface area contributed by atoms with Crippen LogP contribution in [0.15, 0.2) is 79.5 Å². The van der Waals surface area contributed by atoms with E-state index < -0.39 is 0 Å². The van der Waals surface area contributed by atoms with Gasteiger partial charge in [0.2, 0.25) is 5.91 Å². The number of aromatic nitrogens is 6. The first-order chi connectivity index (χ1) is 17.6. The largest absolute Gasteiger partial charge is 0.353 e. The second-order valence-electron chi connectivity index (χ2n) is 8.99. The number of fused-ring (bicyclic) bond motifs is 2. The lowest BCUT2D eigenvalue weighted by Crippen LogP contribution is -2.17. The van der Waals surface area contributed by atoms with Gasteiger partial charge in [-0.1, -0.05) is 32.0 Å². The van der Waals surface area contributed by atoms with Gasteiger partial charge in [-0.3, -0.25) is 24.8 Å². The molecule has 3 N–H and O–H groups in total. The van der Waals surface area contributed by atoms with Crippen LogP contribution in [-0.4, -0.2) is 36.0 Å². The fourth-order valence-corrected chi connectivity index (χ4v) is 4.27. The number of aromatic amines is 2. The summed E-state index contributed by atoms with van der Waals surface area (Å²) in [5, 5.41) is 12.6. The summed E-state index contributed by atoms with van der Waals surface area (Å²) in [4.78, 5) is 28.8. The zero-order chi connectivity index (χ0) is 24.6. The first-order valence-electron chi connectivity index (χ1n) is 11.7. The van der Waals surface area contributed by atoms with Crippen molar-refractivity contribution in [2.45, 2.75) is 13.8 Å². The lowest BCUT2D eigenvalue weighted by Gasteiger charge is -2.08. The molecule has 1 aromatic carbocycles. The van der Waals surface area contributed by atoms with Gasteiger partial charge >= 0.3 is 0 Å². The molecular weight excluding hydrogens is 450 g/mol. The number of benzene rings is 1. The highest BCUT2D eigenvalue weighted by Crippen LogP contribution is 2.34. The van der Waals surface area contributed by atoms with E-state index in [2.05, 4.69) is 59.7 Å². The van der Waals surface area contributed by atoms with Gasteiger partial charge < -0.3 is 10.3 Å². The van der Waals surface area contributed by atoms with E-state index >= 15 is 0 Å². The summed E-state index contributed by atoms with van der Waals surface area (Å²) >= 11 is 0. The topological polar surface area (TPSA) is 112 Å². The number of pyridine rings is 3. The lowest BCUT2D eigenvalue weighted by molar-refractivity contribution is -0.118. The van der Waals surface area contributed by atoms with Crippen molar-refractivity contribution in [3.8, 4) is 33.8 Å². The predicted octanol–water partition coefficient (Wildman–Crippen LogP) is 5.82. The predicted molar refractivity (Wildman–Crippen MR) is 141 cm³/mol. The van der Waals surface area contributed by atoms with Crippen molar-refractivity contribution in [1.82, 2.24) is 30.1 Å². The zero-order valence-electron chi connectivity index (χ0n) is 19.8. The lowest BCUT2D eigenvalue weighted by atomic mass is 10.0. The molecule has 5 heterocycles. The van der Waals surface area contributed by atoms with Gasteiger partial charge in [-0.05, 0) is 35.9 Å². The molecule has 36 heavy (non-hydrogen) atoms. The SMILES string of the molecule is CC(C)C(=O)Nc1cncc(-c2cc3c(-c4cc5c(-c6cccnc6)cccc5[nH]4)n[nH]c3cn2)c1. The van der Waals surface area contributed by atoms with E-state index in [1.807, 2.05) is 44.3 Å². The highest BCUT2D eigenvalue weighted by atomic mass is 16.1. The number of carbonyl (C=O) groups is 1. The molecule has 8 nitrogen and oxygen atoms in total. The summed E-state index contributed by atoms with van der Waals surface area (Å²) in [6.45, 7) is 3.71. The van der Waals surface area contributed by atoms with Gasteiger partial charge in [0.25, 0.3) is 0 Å². The maximum absolute atomic E-state index is 12.1. The number of hydrogen-bond donors (Lipinski definition) is 3. The maximum atomic E-state index is 12.1. The highest BCUT2D eigenvalue weighted by molar-refractivity contribution is 6.01. The first-order valence-corrected chi connectivity index (χ1v) is 11.7. The van der Waals surface area contributed by atoms with E-state index in [-0.39, 0.29) is 11.8 Å². The Labute approximate surface area is 206 Å². The molecule has 176 valence electrons. The van der Waals surface area contributed by atoms with Crippen molar-refractivity contribution >= 4 is 33.4 Å². The third-order valence-corrected chi connectivity index (χ3v) is 6.16. The number of nitrogens with zero attached hydrogens (tertiary/aromatic N) is 4. The molecule has 0 fully saturated rings. The Balaban J connectivity index is 1.41. The van der Waals surface area contributed by atoms with E-state index in [0.29, 0.717) is 5.69 Å². The second kappa shape index (κ2) is 8.74. The summed E-state index contributed by atoms with van der Waals surface area (Å²) < 4.78 is 0. The number of anilines is 1. The number of rotatable bonds is 5. The average molecular weight is 474 g/mol. The Kier molecular flexibility index (Phi) is 5.26. The second-order valence-corrected chi connectivity index (χ2v) is 8.99. The standard InChI is InChI=1S/C28H23N7O/c1-16(2)28(36)32-19-9-18(13-30-14-19)24-11-22-26(15-31-24)34-35-27(22)25-10-21-20(6-3-7-23(21)33-25)17-5-4-8-29-12-17/h3-16,33H,1-2H3,(H,32,36)(H,34,35). The smallest absolute Gasteiger partial charge is 0.226 e. The first kappa shape index (κ1) is 21.7. The third-order valence-electron chi connectivity index (χ3n) is 6.16. The van der Waals surface area contributed by atoms with Crippen LogP contribution >= 0.6 is 0 Å². The summed E-state index contributed by atoms with van der Waals surface area (Å²) in [6.07, 6.45) is 8.79. The molecule has 0 unspecified atom stereocenters. The number of amides is 1. The van der Waals surface area contributed by atoms with Crippen LogP contribution in [0.5, 0.6) is 0 Å². The van der Waals surface area contributed by atoms with Gasteiger partial charge in [-0.15, -0.1) is 0 Å². The molecule has 1 amide bonds. The Hall–Kier alpha value is -4.85. The molecule has 5 aromatic heterocycles. The molecule has 0 spiro atoms. The number of H-pyrrole nitrogens is 2. The minimum atomic E-state index is -0.119. The van der Waals surface area contributed by atoms with Crippen molar-refractivity contribution in [3.05, 3.63) is 79.5 Å². The summed E-state index contributed by atoms with van der Waals surface area (Å²) in [5.41, 5.74) is 7.91. The molecule has 6 aromatic rings. The summed E-state index contributed by atoms with van der Waals surface area (Å²) in [6, 6.07) is 16.2. The number of carbonyl (C=O) groups excluding carboxylic acids is 1. The molecule has 0 aliphatic rings. The van der Waals surface area contributed by atoms with Gasteiger partial charge in [-0.25, -0.2) is 0 Å². The van der Waals surface area contributed by atoms with E-state index in [0.717, 1.165) is 55.6 Å². The molecule has 0 saturated heterocycles. The van der Waals surface area contributed by atoms with E-state index in [1.54, 1.807) is 24.8 Å². The molecule has 0 atom stereocenters. The van der Waals surface area contributed by atoms with Crippen molar-refractivity contribution < 1.29 is 4.79 Å². The zero-order valence-corrected chi connectivity index (χ0v) is 19.8. The molecule has 0 saturated carbocycles. The molecule has 6 rings (SSSR count). The van der Waals surface area contributed by atoms with Crippen LogP contribution in [0.2, 0.25) is 0 Å². The molecule has 8 heteroatoms. The van der Waals surface area contributed by atoms with Crippen LogP contribution < -0.4 is 5.32 Å². The van der Waals surface area contributed by atoms with Crippen LogP contribution in [0, 0.1) is 5.92 Å². The Bertz CT molecular complexity index is 1720. The fraction of sp³-hybridized carbons (Fsp3) is 0.107. The van der Waals surface area contributed by atoms with E-state index in [4.69, 9.17) is 0 Å². The minimum absolute atomic E-state index is 0.0565. The van der Waals surface area contributed by atoms with Gasteiger partial charge in [0.05, 0.1) is 35.0 Å². The normalized spacial score (nSPS) is 11.4. The van der Waals surface area contributed by atoms with Crippen LogP contribution in [0.1, 0.15) is 13.8 Å². The van der Waals surface area contributed by atoms with Gasteiger partial charge in [-0.2, -0.15) is 5.10 Å². The van der Waals surface area contributed by atoms with Crippen LogP contribution in [0.4, 0.5) is 5.69 Å². The van der Waals surface area contributed by atoms with Crippen LogP contribution in [-0.2, 0) is 4.79 Å². The molecule has 0 aliphatic carbocycles. The van der Waals surface area contributed by atoms with E-state index in [1.165, 1.54) is 0 Å². The molecule has 0 aliphatic heterocycles. The Morgan fingerprint density at radius 3 is 2.61 bits per heavy atom. The number of nitrogens with one attached hydrogen (secondary N) is 3. The fourth-order valence-electron chi connectivity index (χ4n) is 4.27.